The number of hydrogen-bond donors (Lipinski definition) is 3. The first-order chi connectivity index (χ1) is 12.3. The van der Waals surface area contributed by atoms with Crippen molar-refractivity contribution in [1.29, 1.82) is 5.26 Å². The van der Waals surface area contributed by atoms with Gasteiger partial charge in [-0.05, 0) is 35.9 Å². The highest BCUT2D eigenvalue weighted by Crippen LogP contribution is 2.16. The molecule has 0 aromatic heterocycles. The van der Waals surface area contributed by atoms with Crippen LogP contribution in [0.3, 0.4) is 0 Å². The lowest BCUT2D eigenvalue weighted by molar-refractivity contribution is -0.112. The number of amides is 1. The SMILES string of the molecule is N#C/C(=C/NCc1ccccc1Br)C(=O)Nc1ccc(S(=O)(=O)O)cc1. The van der Waals surface area contributed by atoms with Gasteiger partial charge in [-0.1, -0.05) is 34.1 Å². The van der Waals surface area contributed by atoms with Gasteiger partial charge in [0.25, 0.3) is 16.0 Å². The van der Waals surface area contributed by atoms with E-state index in [0.717, 1.165) is 22.2 Å². The van der Waals surface area contributed by atoms with E-state index in [1.807, 2.05) is 24.3 Å². The van der Waals surface area contributed by atoms with E-state index < -0.39 is 16.0 Å². The summed E-state index contributed by atoms with van der Waals surface area (Å²) < 4.78 is 31.8. The molecule has 7 nitrogen and oxygen atoms in total. The van der Waals surface area contributed by atoms with E-state index in [2.05, 4.69) is 26.6 Å². The maximum absolute atomic E-state index is 12.1. The third-order valence-corrected chi connectivity index (χ3v) is 4.91. The molecule has 1 amide bonds. The van der Waals surface area contributed by atoms with E-state index in [0.29, 0.717) is 6.54 Å². The van der Waals surface area contributed by atoms with Crippen molar-refractivity contribution in [3.05, 3.63) is 70.3 Å². The molecule has 0 aliphatic carbocycles. The van der Waals surface area contributed by atoms with Crippen molar-refractivity contribution in [3.8, 4) is 6.07 Å². The average Bonchev–Trinajstić information content (AvgIpc) is 2.60. The van der Waals surface area contributed by atoms with Crippen LogP contribution in [-0.2, 0) is 21.5 Å². The monoisotopic (exact) mass is 435 g/mol. The van der Waals surface area contributed by atoms with Crippen LogP contribution in [0.5, 0.6) is 0 Å². The Bertz CT molecular complexity index is 980. The summed E-state index contributed by atoms with van der Waals surface area (Å²) in [6.07, 6.45) is 1.31. The van der Waals surface area contributed by atoms with Crippen LogP contribution in [0.1, 0.15) is 5.56 Å². The molecule has 9 heteroatoms. The Morgan fingerprint density at radius 2 is 1.85 bits per heavy atom. The van der Waals surface area contributed by atoms with Crippen LogP contribution in [0, 0.1) is 11.3 Å². The Kier molecular flexibility index (Phi) is 6.52. The second kappa shape index (κ2) is 8.62. The summed E-state index contributed by atoms with van der Waals surface area (Å²) in [7, 11) is -4.30. The summed E-state index contributed by atoms with van der Waals surface area (Å²) in [5.41, 5.74) is 1.10. The highest BCUT2D eigenvalue weighted by molar-refractivity contribution is 9.10. The number of nitrogens with zero attached hydrogens (tertiary/aromatic N) is 1. The summed E-state index contributed by atoms with van der Waals surface area (Å²) in [6, 6.07) is 14.2. The Morgan fingerprint density at radius 1 is 1.19 bits per heavy atom. The third-order valence-electron chi connectivity index (χ3n) is 3.27. The maximum atomic E-state index is 12.1. The molecule has 0 radical (unpaired) electrons. The summed E-state index contributed by atoms with van der Waals surface area (Å²) in [6.45, 7) is 0.420. The molecule has 26 heavy (non-hydrogen) atoms. The number of hydrogen-bond acceptors (Lipinski definition) is 5. The van der Waals surface area contributed by atoms with Gasteiger partial charge in [0.05, 0.1) is 4.90 Å². The minimum Gasteiger partial charge on any atom is -0.386 e. The van der Waals surface area contributed by atoms with E-state index >= 15 is 0 Å². The molecule has 0 saturated heterocycles. The van der Waals surface area contributed by atoms with E-state index in [9.17, 15) is 13.2 Å². The molecule has 0 bridgehead atoms. The van der Waals surface area contributed by atoms with Crippen molar-refractivity contribution in [2.45, 2.75) is 11.4 Å². The van der Waals surface area contributed by atoms with Gasteiger partial charge in [0.15, 0.2) is 0 Å². The largest absolute Gasteiger partial charge is 0.386 e. The number of nitriles is 1. The fraction of sp³-hybridized carbons (Fsp3) is 0.0588. The lowest BCUT2D eigenvalue weighted by atomic mass is 10.2. The van der Waals surface area contributed by atoms with E-state index in [1.165, 1.54) is 18.3 Å². The van der Waals surface area contributed by atoms with Gasteiger partial charge in [0.1, 0.15) is 11.6 Å². The zero-order valence-corrected chi connectivity index (χ0v) is 15.7. The summed E-state index contributed by atoms with van der Waals surface area (Å²) in [5.74, 6) is -0.647. The van der Waals surface area contributed by atoms with Gasteiger partial charge in [-0.15, -0.1) is 0 Å². The molecule has 134 valence electrons. The van der Waals surface area contributed by atoms with Crippen LogP contribution in [0.2, 0.25) is 0 Å². The van der Waals surface area contributed by atoms with Crippen LogP contribution < -0.4 is 10.6 Å². The summed E-state index contributed by atoms with van der Waals surface area (Å²) in [5, 5.41) is 14.5. The minimum atomic E-state index is -4.30. The van der Waals surface area contributed by atoms with Crippen molar-refractivity contribution in [2.75, 3.05) is 5.32 Å². The molecular weight excluding hydrogens is 422 g/mol. The molecule has 0 aliphatic rings. The number of carbonyl (C=O) groups is 1. The molecule has 0 atom stereocenters. The molecule has 0 unspecified atom stereocenters. The van der Waals surface area contributed by atoms with Crippen molar-refractivity contribution >= 4 is 37.6 Å². The van der Waals surface area contributed by atoms with Gasteiger partial charge < -0.3 is 10.6 Å². The number of nitrogens with one attached hydrogen (secondary N) is 2. The van der Waals surface area contributed by atoms with Gasteiger partial charge in [0.2, 0.25) is 0 Å². The first kappa shape index (κ1) is 19.7. The predicted molar refractivity (Wildman–Crippen MR) is 99.6 cm³/mol. The Labute approximate surface area is 159 Å². The molecule has 2 rings (SSSR count). The lowest BCUT2D eigenvalue weighted by Crippen LogP contribution is -2.16. The predicted octanol–water partition coefficient (Wildman–Crippen LogP) is 2.83. The zero-order chi connectivity index (χ0) is 19.2. The second-order valence-corrected chi connectivity index (χ2v) is 7.37. The molecule has 2 aromatic rings. The number of anilines is 1. The number of benzene rings is 2. The molecule has 0 spiro atoms. The minimum absolute atomic E-state index is 0.143. The van der Waals surface area contributed by atoms with Crippen LogP contribution in [0.4, 0.5) is 5.69 Å². The van der Waals surface area contributed by atoms with Crippen LogP contribution >= 0.6 is 15.9 Å². The molecular formula is C17H14BrN3O4S. The number of carbonyl (C=O) groups excluding carboxylic acids is 1. The molecule has 3 N–H and O–H groups in total. The van der Waals surface area contributed by atoms with Gasteiger partial charge in [0, 0.05) is 22.9 Å². The fourth-order valence-electron chi connectivity index (χ4n) is 1.96. The second-order valence-electron chi connectivity index (χ2n) is 5.10. The van der Waals surface area contributed by atoms with Crippen LogP contribution in [0.25, 0.3) is 0 Å². The van der Waals surface area contributed by atoms with Crippen molar-refractivity contribution in [1.82, 2.24) is 5.32 Å². The molecule has 0 saturated carbocycles. The average molecular weight is 436 g/mol. The fourth-order valence-corrected chi connectivity index (χ4v) is 2.87. The Hall–Kier alpha value is -2.67. The third kappa shape index (κ3) is 5.42. The van der Waals surface area contributed by atoms with Gasteiger partial charge in [-0.3, -0.25) is 9.35 Å². The quantitative estimate of drug-likeness (QED) is 0.364. The molecule has 0 aliphatic heterocycles. The van der Waals surface area contributed by atoms with Gasteiger partial charge in [-0.2, -0.15) is 13.7 Å². The first-order valence-corrected chi connectivity index (χ1v) is 9.50. The highest BCUT2D eigenvalue weighted by Gasteiger charge is 2.12. The van der Waals surface area contributed by atoms with Gasteiger partial charge in [-0.25, -0.2) is 0 Å². The van der Waals surface area contributed by atoms with E-state index in [4.69, 9.17) is 9.81 Å². The molecule has 0 fully saturated rings. The van der Waals surface area contributed by atoms with E-state index in [-0.39, 0.29) is 16.2 Å². The van der Waals surface area contributed by atoms with Crippen molar-refractivity contribution in [3.63, 3.8) is 0 Å². The van der Waals surface area contributed by atoms with Crippen LogP contribution in [-0.4, -0.2) is 18.9 Å². The summed E-state index contributed by atoms with van der Waals surface area (Å²) in [4.78, 5) is 11.8. The lowest BCUT2D eigenvalue weighted by Gasteiger charge is -2.07. The summed E-state index contributed by atoms with van der Waals surface area (Å²) >= 11 is 3.41. The van der Waals surface area contributed by atoms with Gasteiger partial charge >= 0.3 is 0 Å². The van der Waals surface area contributed by atoms with Crippen molar-refractivity contribution < 1.29 is 17.8 Å². The number of halogens is 1. The van der Waals surface area contributed by atoms with E-state index in [1.54, 1.807) is 6.07 Å². The number of rotatable bonds is 6. The topological polar surface area (TPSA) is 119 Å². The highest BCUT2D eigenvalue weighted by atomic mass is 79.9. The Balaban J connectivity index is 2.02. The zero-order valence-electron chi connectivity index (χ0n) is 13.3. The van der Waals surface area contributed by atoms with Crippen molar-refractivity contribution in [2.24, 2.45) is 0 Å². The van der Waals surface area contributed by atoms with Crippen LogP contribution in [0.15, 0.2) is 69.7 Å². The Morgan fingerprint density at radius 3 is 2.42 bits per heavy atom. The first-order valence-electron chi connectivity index (χ1n) is 7.27. The smallest absolute Gasteiger partial charge is 0.294 e. The molecule has 0 heterocycles. The maximum Gasteiger partial charge on any atom is 0.294 e. The normalized spacial score (nSPS) is 11.5. The standard InChI is InChI=1S/C17H14BrN3O4S/c18-16-4-2-1-3-12(16)10-20-11-13(9-19)17(22)21-14-5-7-15(8-6-14)26(23,24)25/h1-8,11,20H,10H2,(H,21,22)(H,23,24,25)/b13-11-. The molecule has 2 aromatic carbocycles.